The zero-order valence-electron chi connectivity index (χ0n) is 15.7. The molecule has 0 aromatic heterocycles. The zero-order valence-corrected chi connectivity index (χ0v) is 16.5. The summed E-state index contributed by atoms with van der Waals surface area (Å²) in [6.45, 7) is 4.07. The summed E-state index contributed by atoms with van der Waals surface area (Å²) in [7, 11) is 2.10. The van der Waals surface area contributed by atoms with Gasteiger partial charge in [0.2, 0.25) is 5.91 Å². The maximum absolute atomic E-state index is 12.3. The van der Waals surface area contributed by atoms with Gasteiger partial charge >= 0.3 is 0 Å². The van der Waals surface area contributed by atoms with Crippen molar-refractivity contribution in [2.75, 3.05) is 39.8 Å². The van der Waals surface area contributed by atoms with Gasteiger partial charge in [-0.25, -0.2) is 0 Å². The number of nitrogens with zero attached hydrogens (tertiary/aromatic N) is 2. The summed E-state index contributed by atoms with van der Waals surface area (Å²) < 4.78 is 0. The Bertz CT molecular complexity index is 799. The molecule has 1 N–H and O–H groups in total. The first kappa shape index (κ1) is 18.5. The van der Waals surface area contributed by atoms with Crippen LogP contribution in [0.4, 0.5) is 0 Å². The molecule has 1 unspecified atom stereocenters. The highest BCUT2D eigenvalue weighted by Gasteiger charge is 2.38. The molecular formula is C22H26ClN3O. The van der Waals surface area contributed by atoms with Crippen LogP contribution in [0.25, 0.3) is 11.1 Å². The number of benzene rings is 2. The molecule has 1 heterocycles. The number of likely N-dealkylation sites (N-methyl/N-ethyl adjacent to an activating group) is 1. The molecular weight excluding hydrogens is 358 g/mol. The zero-order chi connectivity index (χ0) is 18.8. The van der Waals surface area contributed by atoms with Crippen molar-refractivity contribution in [3.8, 4) is 11.1 Å². The lowest BCUT2D eigenvalue weighted by Gasteiger charge is -2.32. The average Bonchev–Trinajstić information content (AvgIpc) is 3.46. The van der Waals surface area contributed by atoms with Crippen molar-refractivity contribution in [2.24, 2.45) is 0 Å². The third-order valence-electron chi connectivity index (χ3n) is 5.66. The van der Waals surface area contributed by atoms with E-state index < -0.39 is 0 Å². The molecule has 2 atom stereocenters. The van der Waals surface area contributed by atoms with Crippen LogP contribution in [0.5, 0.6) is 0 Å². The Morgan fingerprint density at radius 2 is 1.81 bits per heavy atom. The van der Waals surface area contributed by atoms with Crippen molar-refractivity contribution < 1.29 is 4.79 Å². The van der Waals surface area contributed by atoms with Crippen LogP contribution in [-0.2, 0) is 4.79 Å². The van der Waals surface area contributed by atoms with E-state index in [2.05, 4.69) is 47.6 Å². The number of carbonyl (C=O) groups excluding carboxylic acids is 1. The molecule has 0 bridgehead atoms. The van der Waals surface area contributed by atoms with Crippen molar-refractivity contribution in [3.05, 3.63) is 59.1 Å². The summed E-state index contributed by atoms with van der Waals surface area (Å²) >= 11 is 6.09. The van der Waals surface area contributed by atoms with E-state index in [0.717, 1.165) is 43.2 Å². The van der Waals surface area contributed by atoms with Crippen LogP contribution >= 0.6 is 11.6 Å². The van der Waals surface area contributed by atoms with E-state index in [1.807, 2.05) is 23.1 Å². The number of rotatable bonds is 5. The van der Waals surface area contributed by atoms with Crippen molar-refractivity contribution >= 4 is 17.5 Å². The first-order chi connectivity index (χ1) is 13.1. The van der Waals surface area contributed by atoms with Crippen LogP contribution in [0.3, 0.4) is 0 Å². The monoisotopic (exact) mass is 383 g/mol. The topological polar surface area (TPSA) is 35.6 Å². The Labute approximate surface area is 166 Å². The molecule has 4 rings (SSSR count). The lowest BCUT2D eigenvalue weighted by atomic mass is 10.0. The molecule has 2 fully saturated rings. The maximum Gasteiger partial charge on any atom is 0.236 e. The maximum atomic E-state index is 12.3. The largest absolute Gasteiger partial charge is 0.339 e. The molecule has 142 valence electrons. The van der Waals surface area contributed by atoms with Crippen LogP contribution in [0.15, 0.2) is 48.5 Å². The van der Waals surface area contributed by atoms with Gasteiger partial charge in [-0.15, -0.1) is 0 Å². The van der Waals surface area contributed by atoms with Gasteiger partial charge in [0, 0.05) is 43.2 Å². The van der Waals surface area contributed by atoms with E-state index in [0.29, 0.717) is 18.5 Å². The van der Waals surface area contributed by atoms with Gasteiger partial charge in [-0.2, -0.15) is 0 Å². The molecule has 2 aliphatic rings. The van der Waals surface area contributed by atoms with Crippen LogP contribution in [-0.4, -0.2) is 61.5 Å². The summed E-state index contributed by atoms with van der Waals surface area (Å²) in [4.78, 5) is 16.6. The summed E-state index contributed by atoms with van der Waals surface area (Å²) in [6, 6.07) is 17.1. The standard InChI is InChI=1S/C22H26ClN3O/c1-25-9-11-26(12-10-25)22(27)15-24-21-14-20(21)17-7-5-16(6-8-17)18-3-2-4-19(23)13-18/h2-8,13,20-21,24H,9-12,14-15H2,1H3/t20?,21-/m0/s1. The molecule has 27 heavy (non-hydrogen) atoms. The molecule has 2 aromatic rings. The van der Waals surface area contributed by atoms with E-state index in [1.165, 1.54) is 11.1 Å². The molecule has 1 aliphatic carbocycles. The van der Waals surface area contributed by atoms with Gasteiger partial charge in [0.1, 0.15) is 0 Å². The minimum Gasteiger partial charge on any atom is -0.339 e. The number of hydrogen-bond donors (Lipinski definition) is 1. The van der Waals surface area contributed by atoms with Gasteiger partial charge in [-0.1, -0.05) is 48.0 Å². The number of amides is 1. The van der Waals surface area contributed by atoms with Crippen LogP contribution in [0.1, 0.15) is 17.9 Å². The Kier molecular flexibility index (Phi) is 5.48. The van der Waals surface area contributed by atoms with Crippen LogP contribution in [0, 0.1) is 0 Å². The molecule has 1 saturated carbocycles. The summed E-state index contributed by atoms with van der Waals surface area (Å²) in [5, 5.41) is 4.20. The lowest BCUT2D eigenvalue weighted by Crippen LogP contribution is -2.49. The number of nitrogens with one attached hydrogen (secondary N) is 1. The van der Waals surface area contributed by atoms with Gasteiger partial charge in [0.15, 0.2) is 0 Å². The fourth-order valence-corrected chi connectivity index (χ4v) is 3.96. The molecule has 1 amide bonds. The highest BCUT2D eigenvalue weighted by Crippen LogP contribution is 2.41. The molecule has 0 radical (unpaired) electrons. The minimum atomic E-state index is 0.227. The highest BCUT2D eigenvalue weighted by atomic mass is 35.5. The first-order valence-corrected chi connectivity index (χ1v) is 10.0. The van der Waals surface area contributed by atoms with Gasteiger partial charge in [-0.05, 0) is 42.3 Å². The van der Waals surface area contributed by atoms with Gasteiger partial charge < -0.3 is 15.1 Å². The highest BCUT2D eigenvalue weighted by molar-refractivity contribution is 6.30. The van der Waals surface area contributed by atoms with E-state index >= 15 is 0 Å². The van der Waals surface area contributed by atoms with E-state index in [1.54, 1.807) is 0 Å². The number of halogens is 1. The molecule has 1 aliphatic heterocycles. The number of hydrogen-bond acceptors (Lipinski definition) is 3. The van der Waals surface area contributed by atoms with Crippen LogP contribution in [0.2, 0.25) is 5.02 Å². The molecule has 5 heteroatoms. The first-order valence-electron chi connectivity index (χ1n) is 9.66. The van der Waals surface area contributed by atoms with E-state index in [4.69, 9.17) is 11.6 Å². The van der Waals surface area contributed by atoms with Crippen LogP contribution < -0.4 is 5.32 Å². The second-order valence-electron chi connectivity index (χ2n) is 7.65. The van der Waals surface area contributed by atoms with E-state index in [9.17, 15) is 4.79 Å². The molecule has 2 aromatic carbocycles. The van der Waals surface area contributed by atoms with Gasteiger partial charge in [-0.3, -0.25) is 4.79 Å². The molecule has 0 spiro atoms. The Balaban J connectivity index is 1.28. The number of piperazine rings is 1. The lowest BCUT2D eigenvalue weighted by molar-refractivity contribution is -0.131. The van der Waals surface area contributed by atoms with Gasteiger partial charge in [0.25, 0.3) is 0 Å². The van der Waals surface area contributed by atoms with Crippen molar-refractivity contribution in [3.63, 3.8) is 0 Å². The Morgan fingerprint density at radius 3 is 2.52 bits per heavy atom. The predicted molar refractivity (Wildman–Crippen MR) is 110 cm³/mol. The normalized spacial score (nSPS) is 22.7. The minimum absolute atomic E-state index is 0.227. The van der Waals surface area contributed by atoms with E-state index in [-0.39, 0.29) is 5.91 Å². The summed E-state index contributed by atoms with van der Waals surface area (Å²) in [5.74, 6) is 0.740. The predicted octanol–water partition coefficient (Wildman–Crippen LogP) is 3.23. The quantitative estimate of drug-likeness (QED) is 0.861. The average molecular weight is 384 g/mol. The fourth-order valence-electron chi connectivity index (χ4n) is 3.77. The summed E-state index contributed by atoms with van der Waals surface area (Å²) in [5.41, 5.74) is 3.65. The Morgan fingerprint density at radius 1 is 1.07 bits per heavy atom. The second kappa shape index (κ2) is 8.01. The van der Waals surface area contributed by atoms with Gasteiger partial charge in [0.05, 0.1) is 6.54 Å². The smallest absolute Gasteiger partial charge is 0.236 e. The third kappa shape index (κ3) is 4.52. The molecule has 1 saturated heterocycles. The number of carbonyl (C=O) groups is 1. The SMILES string of the molecule is CN1CCN(C(=O)CN[C@H]2CC2c2ccc(-c3cccc(Cl)c3)cc2)CC1. The van der Waals surface area contributed by atoms with Crippen molar-refractivity contribution in [1.29, 1.82) is 0 Å². The molecule has 4 nitrogen and oxygen atoms in total. The Hall–Kier alpha value is -1.88. The van der Waals surface area contributed by atoms with Crippen molar-refractivity contribution in [1.82, 2.24) is 15.1 Å². The fraction of sp³-hybridized carbons (Fsp3) is 0.409. The second-order valence-corrected chi connectivity index (χ2v) is 8.08. The van der Waals surface area contributed by atoms with Crippen molar-refractivity contribution in [2.45, 2.75) is 18.4 Å². The third-order valence-corrected chi connectivity index (χ3v) is 5.89. The summed E-state index contributed by atoms with van der Waals surface area (Å²) in [6.07, 6.45) is 1.10.